The molecule has 0 radical (unpaired) electrons. The summed E-state index contributed by atoms with van der Waals surface area (Å²) in [5.74, 6) is 0.415. The number of rotatable bonds is 6. The SMILES string of the molecule is CC1CCC(NC(=O)COC(=O)CSc2ccccc2)CC1. The Morgan fingerprint density at radius 3 is 2.55 bits per heavy atom. The monoisotopic (exact) mass is 321 g/mol. The number of nitrogens with one attached hydrogen (secondary N) is 1. The Bertz CT molecular complexity index is 484. The molecule has 2 rings (SSSR count). The zero-order valence-electron chi connectivity index (χ0n) is 12.9. The maximum Gasteiger partial charge on any atom is 0.316 e. The Morgan fingerprint density at radius 2 is 1.86 bits per heavy atom. The van der Waals surface area contributed by atoms with Gasteiger partial charge >= 0.3 is 5.97 Å². The first kappa shape index (κ1) is 16.9. The van der Waals surface area contributed by atoms with E-state index >= 15 is 0 Å². The van der Waals surface area contributed by atoms with Crippen LogP contribution >= 0.6 is 11.8 Å². The number of thioether (sulfide) groups is 1. The fraction of sp³-hybridized carbons (Fsp3) is 0.529. The first-order chi connectivity index (χ1) is 10.6. The molecule has 22 heavy (non-hydrogen) atoms. The highest BCUT2D eigenvalue weighted by molar-refractivity contribution is 8.00. The Hall–Kier alpha value is -1.49. The van der Waals surface area contributed by atoms with Gasteiger partial charge in [-0.2, -0.15) is 0 Å². The topological polar surface area (TPSA) is 55.4 Å². The van der Waals surface area contributed by atoms with Crippen molar-refractivity contribution >= 4 is 23.6 Å². The second-order valence-corrected chi connectivity index (χ2v) is 6.84. The molecule has 0 heterocycles. The van der Waals surface area contributed by atoms with Crippen molar-refractivity contribution in [1.29, 1.82) is 0 Å². The minimum atomic E-state index is -0.360. The molecular weight excluding hydrogens is 298 g/mol. The highest BCUT2D eigenvalue weighted by Crippen LogP contribution is 2.23. The average molecular weight is 321 g/mol. The Morgan fingerprint density at radius 1 is 1.18 bits per heavy atom. The van der Waals surface area contributed by atoms with E-state index in [0.29, 0.717) is 0 Å². The molecule has 1 amide bonds. The molecule has 1 aliphatic carbocycles. The van der Waals surface area contributed by atoms with E-state index in [1.807, 2.05) is 30.3 Å². The highest BCUT2D eigenvalue weighted by atomic mass is 32.2. The zero-order chi connectivity index (χ0) is 15.8. The number of amides is 1. The molecule has 1 aromatic rings. The summed E-state index contributed by atoms with van der Waals surface area (Å²) in [5.41, 5.74) is 0. The van der Waals surface area contributed by atoms with Gasteiger partial charge in [0, 0.05) is 10.9 Å². The smallest absolute Gasteiger partial charge is 0.316 e. The maximum atomic E-state index is 11.8. The lowest BCUT2D eigenvalue weighted by atomic mass is 9.87. The lowest BCUT2D eigenvalue weighted by molar-refractivity contribution is -0.146. The van der Waals surface area contributed by atoms with Crippen LogP contribution in [-0.4, -0.2) is 30.3 Å². The molecule has 0 spiro atoms. The third kappa shape index (κ3) is 6.10. The summed E-state index contributed by atoms with van der Waals surface area (Å²) < 4.78 is 5.02. The molecule has 0 saturated heterocycles. The second kappa shape index (κ2) is 8.83. The number of carbonyl (C=O) groups is 2. The van der Waals surface area contributed by atoms with Gasteiger partial charge in [0.2, 0.25) is 0 Å². The van der Waals surface area contributed by atoms with Crippen LogP contribution in [0.3, 0.4) is 0 Å². The van der Waals surface area contributed by atoms with E-state index in [1.165, 1.54) is 11.8 Å². The van der Waals surface area contributed by atoms with Crippen molar-refractivity contribution in [2.75, 3.05) is 12.4 Å². The summed E-state index contributed by atoms with van der Waals surface area (Å²) in [5, 5.41) is 2.95. The molecule has 1 N–H and O–H groups in total. The molecule has 0 unspecified atom stereocenters. The van der Waals surface area contributed by atoms with Crippen LogP contribution in [0.4, 0.5) is 0 Å². The van der Waals surface area contributed by atoms with Crippen LogP contribution in [-0.2, 0) is 14.3 Å². The largest absolute Gasteiger partial charge is 0.455 e. The van der Waals surface area contributed by atoms with E-state index in [-0.39, 0.29) is 30.3 Å². The standard InChI is InChI=1S/C17H23NO3S/c1-13-7-9-14(10-8-13)18-16(19)11-21-17(20)12-22-15-5-3-2-4-6-15/h2-6,13-14H,7-12H2,1H3,(H,18,19). The molecule has 0 aromatic heterocycles. The molecule has 4 nitrogen and oxygen atoms in total. The lowest BCUT2D eigenvalue weighted by Crippen LogP contribution is -2.39. The number of esters is 1. The molecule has 120 valence electrons. The van der Waals surface area contributed by atoms with Crippen LogP contribution in [0.1, 0.15) is 32.6 Å². The van der Waals surface area contributed by atoms with Crippen molar-refractivity contribution in [3.63, 3.8) is 0 Å². The van der Waals surface area contributed by atoms with Crippen LogP contribution in [0, 0.1) is 5.92 Å². The molecule has 0 aliphatic heterocycles. The minimum Gasteiger partial charge on any atom is -0.455 e. The quantitative estimate of drug-likeness (QED) is 0.646. The molecule has 1 aromatic carbocycles. The number of carbonyl (C=O) groups excluding carboxylic acids is 2. The fourth-order valence-electron chi connectivity index (χ4n) is 2.52. The highest BCUT2D eigenvalue weighted by Gasteiger charge is 2.20. The molecule has 1 fully saturated rings. The lowest BCUT2D eigenvalue weighted by Gasteiger charge is -2.26. The molecule has 5 heteroatoms. The van der Waals surface area contributed by atoms with Crippen LogP contribution in [0.25, 0.3) is 0 Å². The number of ether oxygens (including phenoxy) is 1. The maximum absolute atomic E-state index is 11.8. The van der Waals surface area contributed by atoms with Crippen molar-refractivity contribution < 1.29 is 14.3 Å². The van der Waals surface area contributed by atoms with Crippen molar-refractivity contribution in [3.8, 4) is 0 Å². The molecule has 1 saturated carbocycles. The average Bonchev–Trinajstić information content (AvgIpc) is 2.54. The van der Waals surface area contributed by atoms with E-state index in [0.717, 1.165) is 36.5 Å². The van der Waals surface area contributed by atoms with Gasteiger partial charge in [0.15, 0.2) is 6.61 Å². The summed E-state index contributed by atoms with van der Waals surface area (Å²) in [6.45, 7) is 2.06. The predicted molar refractivity (Wildman–Crippen MR) is 87.7 cm³/mol. The van der Waals surface area contributed by atoms with Gasteiger partial charge < -0.3 is 10.1 Å². The van der Waals surface area contributed by atoms with Gasteiger partial charge in [0.25, 0.3) is 5.91 Å². The normalized spacial score (nSPS) is 21.1. The summed E-state index contributed by atoms with van der Waals surface area (Å²) in [6, 6.07) is 9.89. The van der Waals surface area contributed by atoms with E-state index < -0.39 is 0 Å². The summed E-state index contributed by atoms with van der Waals surface area (Å²) in [7, 11) is 0. The van der Waals surface area contributed by atoms with Gasteiger partial charge in [-0.25, -0.2) is 0 Å². The molecule has 0 bridgehead atoms. The summed E-state index contributed by atoms with van der Waals surface area (Å²) in [4.78, 5) is 24.4. The predicted octanol–water partition coefficient (Wildman–Crippen LogP) is 3.02. The Labute approximate surface area is 136 Å². The molecule has 0 atom stereocenters. The Balaban J connectivity index is 1.60. The number of hydrogen-bond acceptors (Lipinski definition) is 4. The Kier molecular flexibility index (Phi) is 6.77. The van der Waals surface area contributed by atoms with Crippen LogP contribution in [0.5, 0.6) is 0 Å². The molecular formula is C17H23NO3S. The second-order valence-electron chi connectivity index (χ2n) is 5.79. The number of hydrogen-bond donors (Lipinski definition) is 1. The van der Waals surface area contributed by atoms with E-state index in [2.05, 4.69) is 12.2 Å². The minimum absolute atomic E-state index is 0.180. The van der Waals surface area contributed by atoms with E-state index in [4.69, 9.17) is 4.74 Å². The first-order valence-corrected chi connectivity index (χ1v) is 8.75. The molecule has 1 aliphatic rings. The van der Waals surface area contributed by atoms with Crippen LogP contribution < -0.4 is 5.32 Å². The third-order valence-corrected chi connectivity index (χ3v) is 4.83. The number of benzene rings is 1. The van der Waals surface area contributed by atoms with Gasteiger partial charge in [-0.05, 0) is 43.7 Å². The van der Waals surface area contributed by atoms with Crippen LogP contribution in [0.2, 0.25) is 0 Å². The van der Waals surface area contributed by atoms with Gasteiger partial charge in [-0.3, -0.25) is 9.59 Å². The van der Waals surface area contributed by atoms with Gasteiger partial charge in [-0.15, -0.1) is 11.8 Å². The zero-order valence-corrected chi connectivity index (χ0v) is 13.7. The van der Waals surface area contributed by atoms with Crippen molar-refractivity contribution in [3.05, 3.63) is 30.3 Å². The van der Waals surface area contributed by atoms with Crippen molar-refractivity contribution in [2.45, 2.75) is 43.5 Å². The first-order valence-electron chi connectivity index (χ1n) is 7.76. The third-order valence-electron chi connectivity index (χ3n) is 3.85. The van der Waals surface area contributed by atoms with Crippen molar-refractivity contribution in [1.82, 2.24) is 5.32 Å². The summed E-state index contributed by atoms with van der Waals surface area (Å²) in [6.07, 6.45) is 4.34. The van der Waals surface area contributed by atoms with E-state index in [1.54, 1.807) is 0 Å². The van der Waals surface area contributed by atoms with Crippen LogP contribution in [0.15, 0.2) is 35.2 Å². The summed E-state index contributed by atoms with van der Waals surface area (Å²) >= 11 is 1.41. The van der Waals surface area contributed by atoms with Gasteiger partial charge in [0.05, 0.1) is 5.75 Å². The van der Waals surface area contributed by atoms with Gasteiger partial charge in [-0.1, -0.05) is 25.1 Å². The van der Waals surface area contributed by atoms with Gasteiger partial charge in [0.1, 0.15) is 0 Å². The van der Waals surface area contributed by atoms with Crippen molar-refractivity contribution in [2.24, 2.45) is 5.92 Å². The fourth-order valence-corrected chi connectivity index (χ4v) is 3.24. The van der Waals surface area contributed by atoms with E-state index in [9.17, 15) is 9.59 Å².